The second-order valence-corrected chi connectivity index (χ2v) is 3.95. The molecule has 0 radical (unpaired) electrons. The maximum Gasteiger partial charge on any atom is 0.254 e. The van der Waals surface area contributed by atoms with E-state index in [0.717, 1.165) is 0 Å². The molecule has 2 N–H and O–H groups in total. The fourth-order valence-corrected chi connectivity index (χ4v) is 1.64. The number of aromatic amines is 1. The minimum atomic E-state index is -0.352. The highest BCUT2D eigenvalue weighted by molar-refractivity contribution is 5.54. The van der Waals surface area contributed by atoms with Crippen LogP contribution in [0.25, 0.3) is 11.4 Å². The van der Waals surface area contributed by atoms with Crippen LogP contribution in [0.4, 0.5) is 4.39 Å². The van der Waals surface area contributed by atoms with Crippen LogP contribution in [-0.2, 0) is 6.42 Å². The van der Waals surface area contributed by atoms with Gasteiger partial charge in [-0.2, -0.15) is 0 Å². The topological polar surface area (TPSA) is 57.8 Å². The van der Waals surface area contributed by atoms with Gasteiger partial charge in [-0.3, -0.25) is 4.79 Å². The Morgan fingerprint density at radius 1 is 1.44 bits per heavy atom. The van der Waals surface area contributed by atoms with E-state index in [0.29, 0.717) is 29.9 Å². The van der Waals surface area contributed by atoms with E-state index in [1.54, 1.807) is 12.1 Å². The fraction of sp³-hybridized carbons (Fsp3) is 0.231. The highest BCUT2D eigenvalue weighted by Crippen LogP contribution is 2.14. The fourth-order valence-electron chi connectivity index (χ4n) is 1.64. The van der Waals surface area contributed by atoms with Crippen LogP contribution in [0.2, 0.25) is 0 Å². The molecule has 1 aromatic heterocycles. The van der Waals surface area contributed by atoms with Crippen LogP contribution in [0.15, 0.2) is 35.3 Å². The first-order chi connectivity index (χ1) is 8.70. The summed E-state index contributed by atoms with van der Waals surface area (Å²) in [5, 5.41) is 2.97. The van der Waals surface area contributed by atoms with Crippen molar-refractivity contribution in [3.05, 3.63) is 52.2 Å². The molecule has 0 atom stereocenters. The average Bonchev–Trinajstić information content (AvgIpc) is 2.37. The number of aromatic nitrogens is 2. The summed E-state index contributed by atoms with van der Waals surface area (Å²) in [6, 6.07) is 5.97. The van der Waals surface area contributed by atoms with Crippen molar-refractivity contribution < 1.29 is 4.39 Å². The van der Waals surface area contributed by atoms with E-state index in [1.165, 1.54) is 18.3 Å². The molecule has 94 valence electrons. The second-order valence-electron chi connectivity index (χ2n) is 3.95. The lowest BCUT2D eigenvalue weighted by Crippen LogP contribution is -2.19. The van der Waals surface area contributed by atoms with Crippen molar-refractivity contribution in [1.82, 2.24) is 15.3 Å². The molecule has 5 heteroatoms. The Labute approximate surface area is 104 Å². The minimum Gasteiger partial charge on any atom is -0.319 e. The molecule has 0 saturated carbocycles. The van der Waals surface area contributed by atoms with Gasteiger partial charge in [0.25, 0.3) is 5.56 Å². The molecule has 0 bridgehead atoms. The van der Waals surface area contributed by atoms with E-state index >= 15 is 0 Å². The van der Waals surface area contributed by atoms with Crippen molar-refractivity contribution >= 4 is 0 Å². The van der Waals surface area contributed by atoms with Crippen molar-refractivity contribution in [2.75, 3.05) is 13.6 Å². The van der Waals surface area contributed by atoms with Gasteiger partial charge in [0.1, 0.15) is 11.6 Å². The molecule has 0 amide bonds. The van der Waals surface area contributed by atoms with Crippen molar-refractivity contribution in [2.45, 2.75) is 6.42 Å². The molecule has 0 saturated heterocycles. The lowest BCUT2D eigenvalue weighted by atomic mass is 10.2. The number of halogens is 1. The maximum atomic E-state index is 13.1. The average molecular weight is 247 g/mol. The zero-order valence-electron chi connectivity index (χ0n) is 10.0. The minimum absolute atomic E-state index is 0.181. The largest absolute Gasteiger partial charge is 0.319 e. The molecule has 0 aliphatic carbocycles. The monoisotopic (exact) mass is 247 g/mol. The van der Waals surface area contributed by atoms with Crippen LogP contribution in [-0.4, -0.2) is 23.6 Å². The van der Waals surface area contributed by atoms with E-state index in [4.69, 9.17) is 0 Å². The smallest absolute Gasteiger partial charge is 0.254 e. The first kappa shape index (κ1) is 12.4. The molecule has 2 rings (SSSR count). The van der Waals surface area contributed by atoms with Crippen molar-refractivity contribution in [3.63, 3.8) is 0 Å². The molecule has 2 aromatic rings. The van der Waals surface area contributed by atoms with E-state index in [9.17, 15) is 9.18 Å². The normalized spacial score (nSPS) is 10.6. The molecule has 4 nitrogen and oxygen atoms in total. The second kappa shape index (κ2) is 5.55. The first-order valence-corrected chi connectivity index (χ1v) is 5.69. The van der Waals surface area contributed by atoms with Crippen LogP contribution >= 0.6 is 0 Å². The number of likely N-dealkylation sites (N-methyl/N-ethyl adjacent to an activating group) is 1. The summed E-state index contributed by atoms with van der Waals surface area (Å²) in [7, 11) is 1.82. The van der Waals surface area contributed by atoms with Gasteiger partial charge in [0.2, 0.25) is 0 Å². The van der Waals surface area contributed by atoms with Gasteiger partial charge >= 0.3 is 0 Å². The number of rotatable bonds is 4. The van der Waals surface area contributed by atoms with E-state index in [-0.39, 0.29) is 11.4 Å². The lowest BCUT2D eigenvalue weighted by Gasteiger charge is -2.03. The molecule has 1 aromatic carbocycles. The summed E-state index contributed by atoms with van der Waals surface area (Å²) in [5.41, 5.74) is 0.997. The Morgan fingerprint density at radius 2 is 2.28 bits per heavy atom. The predicted molar refractivity (Wildman–Crippen MR) is 67.9 cm³/mol. The highest BCUT2D eigenvalue weighted by Gasteiger charge is 2.05. The summed E-state index contributed by atoms with van der Waals surface area (Å²) in [6.45, 7) is 0.712. The van der Waals surface area contributed by atoms with Gasteiger partial charge < -0.3 is 10.3 Å². The number of hydrogen-bond acceptors (Lipinski definition) is 3. The van der Waals surface area contributed by atoms with Crippen molar-refractivity contribution in [3.8, 4) is 11.4 Å². The number of nitrogens with zero attached hydrogens (tertiary/aromatic N) is 1. The third kappa shape index (κ3) is 2.81. The third-order valence-electron chi connectivity index (χ3n) is 2.62. The molecule has 0 aliphatic rings. The van der Waals surface area contributed by atoms with Gasteiger partial charge in [-0.05, 0) is 32.1 Å². The Balaban J connectivity index is 2.31. The van der Waals surface area contributed by atoms with Crippen LogP contribution < -0.4 is 10.9 Å². The summed E-state index contributed by atoms with van der Waals surface area (Å²) >= 11 is 0. The molecule has 0 spiro atoms. The molecule has 0 aliphatic heterocycles. The van der Waals surface area contributed by atoms with Gasteiger partial charge in [0, 0.05) is 17.3 Å². The SMILES string of the molecule is CNCCc1cnc(-c2cccc(F)c2)[nH]c1=O. The van der Waals surface area contributed by atoms with Gasteiger partial charge in [-0.15, -0.1) is 0 Å². The number of benzene rings is 1. The summed E-state index contributed by atoms with van der Waals surface area (Å²) < 4.78 is 13.1. The first-order valence-electron chi connectivity index (χ1n) is 5.69. The van der Waals surface area contributed by atoms with E-state index < -0.39 is 0 Å². The van der Waals surface area contributed by atoms with Crippen LogP contribution in [0.5, 0.6) is 0 Å². The zero-order valence-corrected chi connectivity index (χ0v) is 10.0. The van der Waals surface area contributed by atoms with E-state index in [1.807, 2.05) is 7.05 Å². The van der Waals surface area contributed by atoms with Gasteiger partial charge in [-0.1, -0.05) is 12.1 Å². The Hall–Kier alpha value is -2.01. The van der Waals surface area contributed by atoms with Crippen LogP contribution in [0, 0.1) is 5.82 Å². The van der Waals surface area contributed by atoms with Crippen molar-refractivity contribution in [2.24, 2.45) is 0 Å². The summed E-state index contributed by atoms with van der Waals surface area (Å²) in [5.74, 6) is 0.0297. The van der Waals surface area contributed by atoms with Gasteiger partial charge in [-0.25, -0.2) is 9.37 Å². The number of hydrogen-bond donors (Lipinski definition) is 2. The number of H-pyrrole nitrogens is 1. The Kier molecular flexibility index (Phi) is 3.84. The highest BCUT2D eigenvalue weighted by atomic mass is 19.1. The quantitative estimate of drug-likeness (QED) is 0.857. The molecular weight excluding hydrogens is 233 g/mol. The Bertz CT molecular complexity index is 595. The molecule has 0 unspecified atom stereocenters. The molecule has 0 fully saturated rings. The van der Waals surface area contributed by atoms with Crippen LogP contribution in [0.3, 0.4) is 0 Å². The van der Waals surface area contributed by atoms with Crippen LogP contribution in [0.1, 0.15) is 5.56 Å². The standard InChI is InChI=1S/C13H14FN3O/c1-15-6-5-10-8-16-12(17-13(10)18)9-3-2-4-11(14)7-9/h2-4,7-8,15H,5-6H2,1H3,(H,16,17,18). The zero-order chi connectivity index (χ0) is 13.0. The molecule has 1 heterocycles. The van der Waals surface area contributed by atoms with Crippen molar-refractivity contribution in [1.29, 1.82) is 0 Å². The van der Waals surface area contributed by atoms with Gasteiger partial charge in [0.05, 0.1) is 0 Å². The van der Waals surface area contributed by atoms with E-state index in [2.05, 4.69) is 15.3 Å². The summed E-state index contributed by atoms with van der Waals surface area (Å²) in [4.78, 5) is 18.6. The lowest BCUT2D eigenvalue weighted by molar-refractivity contribution is 0.628. The summed E-state index contributed by atoms with van der Waals surface area (Å²) in [6.07, 6.45) is 2.15. The molecule has 18 heavy (non-hydrogen) atoms. The van der Waals surface area contributed by atoms with Gasteiger partial charge in [0.15, 0.2) is 0 Å². The Morgan fingerprint density at radius 3 is 2.94 bits per heavy atom. The maximum absolute atomic E-state index is 13.1. The predicted octanol–water partition coefficient (Wildman–Crippen LogP) is 1.34. The number of nitrogens with one attached hydrogen (secondary N) is 2. The molecular formula is C13H14FN3O. The third-order valence-corrected chi connectivity index (χ3v) is 2.62.